The molecule has 1 N–H and O–H groups in total. The standard InChI is InChI=1S/C13H18FNO/c1-3-15-12(6-9(2)16)8-10-7-11(14)4-5-13(10)15/h4-5,7,9,12,16H,3,6,8H2,1-2H3. The summed E-state index contributed by atoms with van der Waals surface area (Å²) in [6, 6.07) is 5.27. The van der Waals surface area contributed by atoms with Crippen LogP contribution in [0.15, 0.2) is 18.2 Å². The van der Waals surface area contributed by atoms with Crippen LogP contribution in [0.4, 0.5) is 10.1 Å². The molecular weight excluding hydrogens is 205 g/mol. The largest absolute Gasteiger partial charge is 0.393 e. The van der Waals surface area contributed by atoms with Crippen LogP contribution >= 0.6 is 0 Å². The lowest BCUT2D eigenvalue weighted by atomic mass is 10.1. The number of hydrogen-bond donors (Lipinski definition) is 1. The van der Waals surface area contributed by atoms with Gasteiger partial charge in [0.15, 0.2) is 0 Å². The van der Waals surface area contributed by atoms with E-state index in [4.69, 9.17) is 0 Å². The van der Waals surface area contributed by atoms with Gasteiger partial charge in [0.05, 0.1) is 6.10 Å². The van der Waals surface area contributed by atoms with Crippen LogP contribution in [0.25, 0.3) is 0 Å². The molecular formula is C13H18FNO. The lowest BCUT2D eigenvalue weighted by molar-refractivity contribution is 0.174. The van der Waals surface area contributed by atoms with Gasteiger partial charge in [-0.25, -0.2) is 4.39 Å². The topological polar surface area (TPSA) is 23.5 Å². The van der Waals surface area contributed by atoms with Crippen molar-refractivity contribution in [2.75, 3.05) is 11.4 Å². The Morgan fingerprint density at radius 2 is 2.31 bits per heavy atom. The summed E-state index contributed by atoms with van der Waals surface area (Å²) in [6.07, 6.45) is 1.27. The molecule has 2 rings (SSSR count). The fourth-order valence-corrected chi connectivity index (χ4v) is 2.59. The first-order chi connectivity index (χ1) is 7.61. The van der Waals surface area contributed by atoms with Gasteiger partial charge in [0, 0.05) is 18.3 Å². The quantitative estimate of drug-likeness (QED) is 0.850. The maximum Gasteiger partial charge on any atom is 0.123 e. The zero-order valence-electron chi connectivity index (χ0n) is 9.78. The zero-order chi connectivity index (χ0) is 11.7. The molecule has 1 aliphatic heterocycles. The fourth-order valence-electron chi connectivity index (χ4n) is 2.59. The van der Waals surface area contributed by atoms with Gasteiger partial charge in [0.25, 0.3) is 0 Å². The molecule has 1 aromatic carbocycles. The van der Waals surface area contributed by atoms with Gasteiger partial charge in [-0.3, -0.25) is 0 Å². The van der Waals surface area contributed by atoms with Crippen LogP contribution in [0, 0.1) is 5.82 Å². The molecule has 1 heterocycles. The van der Waals surface area contributed by atoms with Gasteiger partial charge in [-0.1, -0.05) is 0 Å². The maximum atomic E-state index is 13.1. The number of nitrogens with zero attached hydrogens (tertiary/aromatic N) is 1. The summed E-state index contributed by atoms with van der Waals surface area (Å²) >= 11 is 0. The number of halogens is 1. The Morgan fingerprint density at radius 3 is 2.94 bits per heavy atom. The van der Waals surface area contributed by atoms with Crippen LogP contribution in [0.1, 0.15) is 25.8 Å². The van der Waals surface area contributed by atoms with Crippen molar-refractivity contribution in [1.29, 1.82) is 0 Å². The van der Waals surface area contributed by atoms with E-state index in [1.807, 2.05) is 6.07 Å². The number of hydrogen-bond acceptors (Lipinski definition) is 2. The third-order valence-electron chi connectivity index (χ3n) is 3.20. The van der Waals surface area contributed by atoms with Crippen LogP contribution < -0.4 is 4.90 Å². The van der Waals surface area contributed by atoms with E-state index in [2.05, 4.69) is 11.8 Å². The van der Waals surface area contributed by atoms with Crippen molar-refractivity contribution < 1.29 is 9.50 Å². The van der Waals surface area contributed by atoms with E-state index < -0.39 is 0 Å². The summed E-state index contributed by atoms with van der Waals surface area (Å²) in [7, 11) is 0. The summed E-state index contributed by atoms with van der Waals surface area (Å²) in [5.74, 6) is -0.174. The highest BCUT2D eigenvalue weighted by molar-refractivity contribution is 5.59. The predicted molar refractivity (Wildman–Crippen MR) is 63.2 cm³/mol. The normalized spacial score (nSPS) is 21.0. The molecule has 0 aliphatic carbocycles. The Bertz CT molecular complexity index is 378. The van der Waals surface area contributed by atoms with E-state index in [0.717, 1.165) is 30.6 Å². The van der Waals surface area contributed by atoms with Crippen molar-refractivity contribution in [3.05, 3.63) is 29.6 Å². The highest BCUT2D eigenvalue weighted by atomic mass is 19.1. The van der Waals surface area contributed by atoms with E-state index in [9.17, 15) is 9.50 Å². The molecule has 2 unspecified atom stereocenters. The van der Waals surface area contributed by atoms with E-state index in [1.165, 1.54) is 6.07 Å². The predicted octanol–water partition coefficient (Wildman–Crippen LogP) is 2.35. The molecule has 0 bridgehead atoms. The minimum atomic E-state index is -0.307. The molecule has 88 valence electrons. The van der Waals surface area contributed by atoms with Gasteiger partial charge in [0.2, 0.25) is 0 Å². The number of likely N-dealkylation sites (N-methyl/N-ethyl adjacent to an activating group) is 1. The molecule has 0 fully saturated rings. The average molecular weight is 223 g/mol. The van der Waals surface area contributed by atoms with E-state index in [-0.39, 0.29) is 11.9 Å². The smallest absolute Gasteiger partial charge is 0.123 e. The van der Waals surface area contributed by atoms with Gasteiger partial charge in [0.1, 0.15) is 5.82 Å². The summed E-state index contributed by atoms with van der Waals surface area (Å²) in [5, 5.41) is 9.46. The van der Waals surface area contributed by atoms with Crippen LogP contribution in [-0.2, 0) is 6.42 Å². The van der Waals surface area contributed by atoms with Crippen molar-refractivity contribution in [1.82, 2.24) is 0 Å². The van der Waals surface area contributed by atoms with Crippen LogP contribution in [0.2, 0.25) is 0 Å². The Balaban J connectivity index is 2.25. The number of anilines is 1. The molecule has 0 aromatic heterocycles. The Kier molecular flexibility index (Phi) is 3.15. The summed E-state index contributed by atoms with van der Waals surface area (Å²) in [6.45, 7) is 4.79. The number of aliphatic hydroxyl groups excluding tert-OH is 1. The second kappa shape index (κ2) is 4.42. The molecule has 2 atom stereocenters. The average Bonchev–Trinajstić information content (AvgIpc) is 2.52. The number of benzene rings is 1. The van der Waals surface area contributed by atoms with Crippen LogP contribution in [-0.4, -0.2) is 23.8 Å². The van der Waals surface area contributed by atoms with E-state index in [0.29, 0.717) is 6.04 Å². The first-order valence-corrected chi connectivity index (χ1v) is 5.85. The number of rotatable bonds is 3. The molecule has 0 radical (unpaired) electrons. The lowest BCUT2D eigenvalue weighted by Crippen LogP contribution is -2.34. The van der Waals surface area contributed by atoms with Crippen LogP contribution in [0.5, 0.6) is 0 Å². The minimum Gasteiger partial charge on any atom is -0.393 e. The second-order valence-electron chi connectivity index (χ2n) is 4.50. The molecule has 0 saturated heterocycles. The molecule has 1 aromatic rings. The van der Waals surface area contributed by atoms with Gasteiger partial charge in [-0.15, -0.1) is 0 Å². The molecule has 2 nitrogen and oxygen atoms in total. The Morgan fingerprint density at radius 1 is 1.56 bits per heavy atom. The molecule has 1 aliphatic rings. The van der Waals surface area contributed by atoms with Crippen molar-refractivity contribution in [2.24, 2.45) is 0 Å². The number of aliphatic hydroxyl groups is 1. The van der Waals surface area contributed by atoms with Gasteiger partial charge >= 0.3 is 0 Å². The first kappa shape index (κ1) is 11.4. The molecule has 16 heavy (non-hydrogen) atoms. The SMILES string of the molecule is CCN1c2ccc(F)cc2CC1CC(C)O. The molecule has 0 spiro atoms. The summed E-state index contributed by atoms with van der Waals surface area (Å²) in [5.41, 5.74) is 2.18. The van der Waals surface area contributed by atoms with Gasteiger partial charge in [-0.05, 0) is 50.5 Å². The monoisotopic (exact) mass is 223 g/mol. The van der Waals surface area contributed by atoms with Crippen molar-refractivity contribution in [3.63, 3.8) is 0 Å². The number of fused-ring (bicyclic) bond motifs is 1. The Labute approximate surface area is 95.7 Å². The maximum absolute atomic E-state index is 13.1. The van der Waals surface area contributed by atoms with E-state index in [1.54, 1.807) is 13.0 Å². The summed E-state index contributed by atoms with van der Waals surface area (Å²) in [4.78, 5) is 2.25. The van der Waals surface area contributed by atoms with Gasteiger partial charge in [-0.2, -0.15) is 0 Å². The van der Waals surface area contributed by atoms with Crippen molar-refractivity contribution in [2.45, 2.75) is 38.8 Å². The van der Waals surface area contributed by atoms with Crippen molar-refractivity contribution >= 4 is 5.69 Å². The van der Waals surface area contributed by atoms with Crippen LogP contribution in [0.3, 0.4) is 0 Å². The lowest BCUT2D eigenvalue weighted by Gasteiger charge is -2.27. The Hall–Kier alpha value is -1.09. The third-order valence-corrected chi connectivity index (χ3v) is 3.20. The summed E-state index contributed by atoms with van der Waals surface area (Å²) < 4.78 is 13.1. The third kappa shape index (κ3) is 2.05. The van der Waals surface area contributed by atoms with Gasteiger partial charge < -0.3 is 10.0 Å². The molecule has 3 heteroatoms. The minimum absolute atomic E-state index is 0.174. The zero-order valence-corrected chi connectivity index (χ0v) is 9.78. The fraction of sp³-hybridized carbons (Fsp3) is 0.538. The molecule has 0 amide bonds. The highest BCUT2D eigenvalue weighted by Crippen LogP contribution is 2.34. The van der Waals surface area contributed by atoms with E-state index >= 15 is 0 Å². The highest BCUT2D eigenvalue weighted by Gasteiger charge is 2.28. The molecule has 0 saturated carbocycles. The van der Waals surface area contributed by atoms with Crippen molar-refractivity contribution in [3.8, 4) is 0 Å². The second-order valence-corrected chi connectivity index (χ2v) is 4.50. The first-order valence-electron chi connectivity index (χ1n) is 5.85.